The molecule has 0 fully saturated rings. The molecule has 2 aromatic rings. The Morgan fingerprint density at radius 1 is 1.33 bits per heavy atom. The van der Waals surface area contributed by atoms with Crippen LogP contribution in [0, 0.1) is 5.82 Å². The first-order valence-electron chi connectivity index (χ1n) is 6.23. The predicted molar refractivity (Wildman–Crippen MR) is 79.3 cm³/mol. The van der Waals surface area contributed by atoms with E-state index in [1.54, 1.807) is 18.4 Å². The van der Waals surface area contributed by atoms with E-state index in [9.17, 15) is 9.50 Å². The molecule has 0 aliphatic rings. The Bertz CT molecular complexity index is 555. The molecule has 0 aliphatic heterocycles. The molecule has 0 saturated carbocycles. The van der Waals surface area contributed by atoms with E-state index in [2.05, 4.69) is 5.32 Å². The molecule has 0 amide bonds. The van der Waals surface area contributed by atoms with Crippen molar-refractivity contribution in [2.24, 2.45) is 0 Å². The molecule has 4 nitrogen and oxygen atoms in total. The molecule has 1 heterocycles. The van der Waals surface area contributed by atoms with Gasteiger partial charge in [0.1, 0.15) is 18.2 Å². The molecule has 0 spiro atoms. The summed E-state index contributed by atoms with van der Waals surface area (Å²) in [5, 5.41) is 13.0. The maximum Gasteiger partial charge on any atom is 0.129 e. The van der Waals surface area contributed by atoms with Gasteiger partial charge in [-0.25, -0.2) is 4.39 Å². The minimum atomic E-state index is -0.767. The zero-order valence-corrected chi connectivity index (χ0v) is 12.5. The van der Waals surface area contributed by atoms with E-state index < -0.39 is 11.9 Å². The van der Waals surface area contributed by atoms with Gasteiger partial charge < -0.3 is 19.6 Å². The zero-order valence-electron chi connectivity index (χ0n) is 11.0. The van der Waals surface area contributed by atoms with Gasteiger partial charge in [0.25, 0.3) is 0 Å². The van der Waals surface area contributed by atoms with Crippen LogP contribution in [0.25, 0.3) is 0 Å². The van der Waals surface area contributed by atoms with Crippen LogP contribution >= 0.6 is 23.2 Å². The van der Waals surface area contributed by atoms with E-state index in [4.69, 9.17) is 32.4 Å². The second-order valence-electron chi connectivity index (χ2n) is 4.37. The van der Waals surface area contributed by atoms with E-state index >= 15 is 0 Å². The molecule has 114 valence electrons. The zero-order chi connectivity index (χ0) is 15.2. The topological polar surface area (TPSA) is 54.6 Å². The normalized spacial score (nSPS) is 12.4. The standard InChI is InChI=1S/C14H14Cl2FNO3/c15-12-4-9(17)5-13(16)14(12)18-6-10(19)7-20-8-11-2-1-3-21-11/h1-5,10,18-19H,6-8H2. The molecular weight excluding hydrogens is 320 g/mol. The number of aliphatic hydroxyl groups excluding tert-OH is 1. The highest BCUT2D eigenvalue weighted by atomic mass is 35.5. The van der Waals surface area contributed by atoms with Crippen molar-refractivity contribution in [1.82, 2.24) is 0 Å². The molecule has 2 N–H and O–H groups in total. The third-order valence-electron chi connectivity index (χ3n) is 2.66. The Hall–Kier alpha value is -1.27. The lowest BCUT2D eigenvalue weighted by molar-refractivity contribution is 0.0282. The van der Waals surface area contributed by atoms with Crippen molar-refractivity contribution in [3.05, 3.63) is 52.2 Å². The number of aliphatic hydroxyl groups is 1. The summed E-state index contributed by atoms with van der Waals surface area (Å²) in [7, 11) is 0. The van der Waals surface area contributed by atoms with Crippen molar-refractivity contribution < 1.29 is 18.7 Å². The first kappa shape index (κ1) is 16.1. The number of anilines is 1. The van der Waals surface area contributed by atoms with Gasteiger partial charge in [-0.1, -0.05) is 23.2 Å². The van der Waals surface area contributed by atoms with Crippen molar-refractivity contribution in [3.63, 3.8) is 0 Å². The molecule has 21 heavy (non-hydrogen) atoms. The minimum absolute atomic E-state index is 0.115. The summed E-state index contributed by atoms with van der Waals surface area (Å²) in [6, 6.07) is 5.84. The molecule has 0 bridgehead atoms. The molecule has 7 heteroatoms. The third kappa shape index (κ3) is 4.89. The van der Waals surface area contributed by atoms with E-state index in [0.717, 1.165) is 12.1 Å². The van der Waals surface area contributed by atoms with Crippen molar-refractivity contribution in [2.75, 3.05) is 18.5 Å². The Labute approximate surface area is 131 Å². The Morgan fingerprint density at radius 3 is 2.67 bits per heavy atom. The summed E-state index contributed by atoms with van der Waals surface area (Å²) in [4.78, 5) is 0. The minimum Gasteiger partial charge on any atom is -0.467 e. The number of rotatable bonds is 7. The lowest BCUT2D eigenvalue weighted by Gasteiger charge is -2.15. The summed E-state index contributed by atoms with van der Waals surface area (Å²) in [6.45, 7) is 0.565. The highest BCUT2D eigenvalue weighted by molar-refractivity contribution is 6.39. The molecule has 0 radical (unpaired) electrons. The number of benzene rings is 1. The fraction of sp³-hybridized carbons (Fsp3) is 0.286. The fourth-order valence-corrected chi connectivity index (χ4v) is 2.27. The van der Waals surface area contributed by atoms with Crippen LogP contribution in [0.4, 0.5) is 10.1 Å². The van der Waals surface area contributed by atoms with E-state index in [-0.39, 0.29) is 29.8 Å². The number of furan rings is 1. The maximum absolute atomic E-state index is 13.0. The van der Waals surface area contributed by atoms with E-state index in [1.807, 2.05) is 0 Å². The van der Waals surface area contributed by atoms with E-state index in [0.29, 0.717) is 11.4 Å². The van der Waals surface area contributed by atoms with Crippen LogP contribution in [0.2, 0.25) is 10.0 Å². The highest BCUT2D eigenvalue weighted by Crippen LogP contribution is 2.31. The number of hydrogen-bond acceptors (Lipinski definition) is 4. The van der Waals surface area contributed by atoms with Crippen LogP contribution in [-0.4, -0.2) is 24.4 Å². The monoisotopic (exact) mass is 333 g/mol. The molecule has 1 aromatic carbocycles. The number of halogens is 3. The quantitative estimate of drug-likeness (QED) is 0.810. The van der Waals surface area contributed by atoms with Crippen LogP contribution in [-0.2, 0) is 11.3 Å². The Balaban J connectivity index is 1.77. The van der Waals surface area contributed by atoms with Gasteiger partial charge in [0.2, 0.25) is 0 Å². The number of nitrogens with one attached hydrogen (secondary N) is 1. The SMILES string of the molecule is OC(CNc1c(Cl)cc(F)cc1Cl)COCc1ccco1. The number of ether oxygens (including phenoxy) is 1. The molecule has 1 aromatic heterocycles. The molecular formula is C14H14Cl2FNO3. The Morgan fingerprint density at radius 2 is 2.05 bits per heavy atom. The van der Waals surface area contributed by atoms with Crippen LogP contribution in [0.3, 0.4) is 0 Å². The van der Waals surface area contributed by atoms with Crippen molar-refractivity contribution in [1.29, 1.82) is 0 Å². The smallest absolute Gasteiger partial charge is 0.129 e. The van der Waals surface area contributed by atoms with Crippen LogP contribution in [0.1, 0.15) is 5.76 Å². The highest BCUT2D eigenvalue weighted by Gasteiger charge is 2.11. The lowest BCUT2D eigenvalue weighted by atomic mass is 10.3. The van der Waals surface area contributed by atoms with Gasteiger partial charge in [-0.3, -0.25) is 0 Å². The van der Waals surface area contributed by atoms with Gasteiger partial charge in [-0.15, -0.1) is 0 Å². The summed E-state index contributed by atoms with van der Waals surface area (Å²) in [6.07, 6.45) is 0.784. The summed E-state index contributed by atoms with van der Waals surface area (Å²) in [5.74, 6) is 0.165. The summed E-state index contributed by atoms with van der Waals surface area (Å²) < 4.78 is 23.4. The predicted octanol–water partition coefficient (Wildman–Crippen LogP) is 3.72. The van der Waals surface area contributed by atoms with Crippen molar-refractivity contribution in [3.8, 4) is 0 Å². The van der Waals surface area contributed by atoms with Gasteiger partial charge in [0, 0.05) is 6.54 Å². The summed E-state index contributed by atoms with van der Waals surface area (Å²) >= 11 is 11.8. The second-order valence-corrected chi connectivity index (χ2v) is 5.19. The first-order valence-corrected chi connectivity index (χ1v) is 6.98. The van der Waals surface area contributed by atoms with Crippen molar-refractivity contribution in [2.45, 2.75) is 12.7 Å². The molecule has 1 unspecified atom stereocenters. The van der Waals surface area contributed by atoms with E-state index in [1.165, 1.54) is 0 Å². The number of hydrogen-bond donors (Lipinski definition) is 2. The molecule has 1 atom stereocenters. The van der Waals surface area contributed by atoms with Crippen LogP contribution < -0.4 is 5.32 Å². The third-order valence-corrected chi connectivity index (χ3v) is 3.25. The average molecular weight is 334 g/mol. The lowest BCUT2D eigenvalue weighted by Crippen LogP contribution is -2.25. The van der Waals surface area contributed by atoms with Crippen LogP contribution in [0.15, 0.2) is 34.9 Å². The molecule has 0 aliphatic carbocycles. The molecule has 0 saturated heterocycles. The van der Waals surface area contributed by atoms with Gasteiger partial charge in [0.15, 0.2) is 0 Å². The second kappa shape index (κ2) is 7.66. The van der Waals surface area contributed by atoms with Gasteiger partial charge >= 0.3 is 0 Å². The van der Waals surface area contributed by atoms with Gasteiger partial charge in [-0.2, -0.15) is 0 Å². The van der Waals surface area contributed by atoms with Gasteiger partial charge in [-0.05, 0) is 24.3 Å². The summed E-state index contributed by atoms with van der Waals surface area (Å²) in [5.41, 5.74) is 0.379. The van der Waals surface area contributed by atoms with Gasteiger partial charge in [0.05, 0.1) is 34.7 Å². The Kier molecular flexibility index (Phi) is 5.87. The fourth-order valence-electron chi connectivity index (χ4n) is 1.68. The van der Waals surface area contributed by atoms with Crippen molar-refractivity contribution >= 4 is 28.9 Å². The first-order chi connectivity index (χ1) is 10.1. The molecule has 2 rings (SSSR count). The average Bonchev–Trinajstić information content (AvgIpc) is 2.90. The largest absolute Gasteiger partial charge is 0.467 e. The van der Waals surface area contributed by atoms with Crippen LogP contribution in [0.5, 0.6) is 0 Å². The maximum atomic E-state index is 13.0.